The summed E-state index contributed by atoms with van der Waals surface area (Å²) in [6, 6.07) is 9.36. The van der Waals surface area contributed by atoms with Gasteiger partial charge in [-0.15, -0.1) is 0 Å². The highest BCUT2D eigenvalue weighted by Gasteiger charge is 2.17. The van der Waals surface area contributed by atoms with Gasteiger partial charge in [0.2, 0.25) is 0 Å². The minimum Gasteiger partial charge on any atom is -0.543 e. The number of benzene rings is 1. The fraction of sp³-hybridized carbons (Fsp3) is 0.0714. The van der Waals surface area contributed by atoms with Crippen LogP contribution in [0.25, 0.3) is 0 Å². The zero-order valence-corrected chi connectivity index (χ0v) is 13.5. The molecule has 0 fully saturated rings. The van der Waals surface area contributed by atoms with Crippen LogP contribution < -0.4 is 10.5 Å². The Bertz CT molecular complexity index is 749. The predicted molar refractivity (Wildman–Crippen MR) is 85.9 cm³/mol. The summed E-state index contributed by atoms with van der Waals surface area (Å²) in [5.41, 5.74) is 3.70. The Hall–Kier alpha value is -1.82. The normalized spacial score (nSPS) is 11.4. The van der Waals surface area contributed by atoms with Gasteiger partial charge in [-0.1, -0.05) is 65.1 Å². The first-order valence-corrected chi connectivity index (χ1v) is 7.16. The summed E-state index contributed by atoms with van der Waals surface area (Å²) in [6.07, 6.45) is 0. The summed E-state index contributed by atoms with van der Waals surface area (Å²) >= 11 is 17.7. The third-order valence-corrected chi connectivity index (χ3v) is 3.86. The van der Waals surface area contributed by atoms with Crippen molar-refractivity contribution in [2.45, 2.75) is 6.92 Å². The van der Waals surface area contributed by atoms with E-state index in [4.69, 9.17) is 34.8 Å². The fourth-order valence-electron chi connectivity index (χ4n) is 1.63. The molecule has 0 radical (unpaired) electrons. The van der Waals surface area contributed by atoms with E-state index in [1.165, 1.54) is 0 Å². The van der Waals surface area contributed by atoms with Gasteiger partial charge in [0.05, 0.1) is 22.4 Å². The van der Waals surface area contributed by atoms with Crippen LogP contribution in [0.5, 0.6) is 0 Å². The first-order chi connectivity index (χ1) is 10.4. The highest BCUT2D eigenvalue weighted by molar-refractivity contribution is 6.46. The van der Waals surface area contributed by atoms with E-state index in [-0.39, 0.29) is 20.9 Å². The number of hydrogen-bond acceptors (Lipinski definition) is 5. The van der Waals surface area contributed by atoms with Crippen LogP contribution in [0.3, 0.4) is 0 Å². The number of halogens is 3. The lowest BCUT2D eigenvalue weighted by molar-refractivity contribution is -0.255. The van der Waals surface area contributed by atoms with E-state index in [0.29, 0.717) is 5.71 Å². The molecule has 5 nitrogen and oxygen atoms in total. The molecule has 0 aliphatic carbocycles. The van der Waals surface area contributed by atoms with Crippen molar-refractivity contribution in [2.24, 2.45) is 5.10 Å². The van der Waals surface area contributed by atoms with Crippen LogP contribution >= 0.6 is 34.8 Å². The molecule has 8 heteroatoms. The summed E-state index contributed by atoms with van der Waals surface area (Å²) in [5.74, 6) is -1.56. The van der Waals surface area contributed by atoms with Crippen molar-refractivity contribution >= 4 is 52.2 Å². The number of aromatic carboxylic acids is 1. The molecule has 0 saturated heterocycles. The molecule has 0 spiro atoms. The number of hydrazone groups is 1. The van der Waals surface area contributed by atoms with E-state index in [1.807, 2.05) is 30.3 Å². The molecule has 1 N–H and O–H groups in total. The summed E-state index contributed by atoms with van der Waals surface area (Å²) in [7, 11) is 0. The maximum absolute atomic E-state index is 11.0. The molecule has 0 unspecified atom stereocenters. The van der Waals surface area contributed by atoms with Gasteiger partial charge in [-0.05, 0) is 12.5 Å². The second-order valence-electron chi connectivity index (χ2n) is 4.22. The Morgan fingerprint density at radius 3 is 2.41 bits per heavy atom. The average Bonchev–Trinajstić information content (AvgIpc) is 2.51. The van der Waals surface area contributed by atoms with Crippen molar-refractivity contribution in [3.63, 3.8) is 0 Å². The van der Waals surface area contributed by atoms with E-state index in [2.05, 4.69) is 15.5 Å². The summed E-state index contributed by atoms with van der Waals surface area (Å²) in [6.45, 7) is 1.77. The lowest BCUT2D eigenvalue weighted by atomic mass is 10.1. The average molecular weight is 358 g/mol. The highest BCUT2D eigenvalue weighted by atomic mass is 35.5. The second kappa shape index (κ2) is 6.96. The van der Waals surface area contributed by atoms with Gasteiger partial charge >= 0.3 is 0 Å². The zero-order chi connectivity index (χ0) is 16.3. The summed E-state index contributed by atoms with van der Waals surface area (Å²) < 4.78 is 0. The maximum Gasteiger partial charge on any atom is 0.150 e. The van der Waals surface area contributed by atoms with Gasteiger partial charge in [0.1, 0.15) is 10.7 Å². The third kappa shape index (κ3) is 3.50. The number of pyridine rings is 1. The monoisotopic (exact) mass is 356 g/mol. The van der Waals surface area contributed by atoms with Crippen molar-refractivity contribution in [2.75, 3.05) is 5.43 Å². The summed E-state index contributed by atoms with van der Waals surface area (Å²) in [5, 5.41) is 14.6. The van der Waals surface area contributed by atoms with Gasteiger partial charge in [0.25, 0.3) is 0 Å². The molecule has 0 atom stereocenters. The first-order valence-electron chi connectivity index (χ1n) is 6.03. The lowest BCUT2D eigenvalue weighted by Crippen LogP contribution is -2.24. The molecule has 22 heavy (non-hydrogen) atoms. The Kier molecular flexibility index (Phi) is 5.24. The Balaban J connectivity index is 2.40. The molecule has 1 aromatic heterocycles. The van der Waals surface area contributed by atoms with Crippen molar-refractivity contribution < 1.29 is 9.90 Å². The number of rotatable bonds is 4. The molecule has 0 aliphatic rings. The quantitative estimate of drug-likeness (QED) is 0.518. The fourth-order valence-corrected chi connectivity index (χ4v) is 2.29. The van der Waals surface area contributed by atoms with Gasteiger partial charge in [-0.2, -0.15) is 5.10 Å². The van der Waals surface area contributed by atoms with Gasteiger partial charge in [0, 0.05) is 0 Å². The molecule has 0 saturated carbocycles. The molecule has 1 aromatic carbocycles. The maximum atomic E-state index is 11.0. The highest BCUT2D eigenvalue weighted by Crippen LogP contribution is 2.36. The van der Waals surface area contributed by atoms with Gasteiger partial charge in [-0.3, -0.25) is 5.43 Å². The predicted octanol–water partition coefficient (Wildman–Crippen LogP) is 3.24. The molecule has 2 aromatic rings. The molecule has 0 bridgehead atoms. The van der Waals surface area contributed by atoms with Crippen LogP contribution in [0.1, 0.15) is 23.0 Å². The van der Waals surface area contributed by atoms with Gasteiger partial charge in [-0.25, -0.2) is 4.98 Å². The number of carboxylic acid groups (broad SMARTS) is 1. The topological polar surface area (TPSA) is 77.4 Å². The Morgan fingerprint density at radius 1 is 1.18 bits per heavy atom. The first kappa shape index (κ1) is 16.5. The number of aromatic nitrogens is 1. The molecule has 1 heterocycles. The number of anilines is 1. The van der Waals surface area contributed by atoms with E-state index < -0.39 is 11.7 Å². The minimum atomic E-state index is -1.56. The lowest BCUT2D eigenvalue weighted by Gasteiger charge is -2.12. The number of carbonyl (C=O) groups is 1. The Morgan fingerprint density at radius 2 is 1.82 bits per heavy atom. The van der Waals surface area contributed by atoms with Gasteiger partial charge in [0.15, 0.2) is 5.15 Å². The number of carbonyl (C=O) groups excluding carboxylic acids is 1. The van der Waals surface area contributed by atoms with E-state index in [0.717, 1.165) is 5.56 Å². The SMILES string of the molecule is C/C(=N/Nc1c(Cl)c(Cl)nc(C(=O)[O-])c1Cl)c1ccccc1. The number of carboxylic acids is 1. The molecule has 0 aliphatic heterocycles. The summed E-state index contributed by atoms with van der Waals surface area (Å²) in [4.78, 5) is 14.5. The number of nitrogens with one attached hydrogen (secondary N) is 1. The molecule has 114 valence electrons. The van der Waals surface area contributed by atoms with Crippen molar-refractivity contribution in [1.29, 1.82) is 0 Å². The zero-order valence-electron chi connectivity index (χ0n) is 11.2. The van der Waals surface area contributed by atoms with Crippen LogP contribution in [0.15, 0.2) is 35.4 Å². The number of nitrogens with zero attached hydrogens (tertiary/aromatic N) is 2. The largest absolute Gasteiger partial charge is 0.543 e. The Labute approximate surface area is 141 Å². The van der Waals surface area contributed by atoms with E-state index >= 15 is 0 Å². The van der Waals surface area contributed by atoms with Crippen LogP contribution in [0.2, 0.25) is 15.2 Å². The van der Waals surface area contributed by atoms with Crippen LogP contribution in [0, 0.1) is 0 Å². The smallest absolute Gasteiger partial charge is 0.150 e. The minimum absolute atomic E-state index is 0.0266. The number of hydrogen-bond donors (Lipinski definition) is 1. The van der Waals surface area contributed by atoms with Crippen LogP contribution in [-0.2, 0) is 0 Å². The van der Waals surface area contributed by atoms with Crippen molar-refractivity contribution in [3.05, 3.63) is 56.8 Å². The van der Waals surface area contributed by atoms with Gasteiger partial charge < -0.3 is 9.90 Å². The standard InChI is InChI=1S/C14H10Cl3N3O2/c1-7(8-5-3-2-4-6-8)19-20-11-9(15)12(14(21)22)18-13(17)10(11)16/h2-6H,1H3,(H,18,20)(H,21,22)/p-1/b19-7-. The van der Waals surface area contributed by atoms with Crippen LogP contribution in [-0.4, -0.2) is 16.7 Å². The van der Waals surface area contributed by atoms with E-state index in [9.17, 15) is 9.90 Å². The van der Waals surface area contributed by atoms with Crippen LogP contribution in [0.4, 0.5) is 5.69 Å². The second-order valence-corrected chi connectivity index (χ2v) is 5.33. The van der Waals surface area contributed by atoms with Crippen molar-refractivity contribution in [3.8, 4) is 0 Å². The van der Waals surface area contributed by atoms with Crippen molar-refractivity contribution in [1.82, 2.24) is 4.98 Å². The third-order valence-electron chi connectivity index (χ3n) is 2.76. The van der Waals surface area contributed by atoms with E-state index in [1.54, 1.807) is 6.92 Å². The molecular formula is C14H9Cl3N3O2-. The molecule has 0 amide bonds. The molecule has 2 rings (SSSR count). The molecular weight excluding hydrogens is 349 g/mol.